The van der Waals surface area contributed by atoms with Gasteiger partial charge < -0.3 is 14.9 Å². The van der Waals surface area contributed by atoms with Gasteiger partial charge in [-0.3, -0.25) is 24.1 Å². The van der Waals surface area contributed by atoms with E-state index in [0.29, 0.717) is 37.3 Å². The summed E-state index contributed by atoms with van der Waals surface area (Å²) < 4.78 is 0. The summed E-state index contributed by atoms with van der Waals surface area (Å²) in [6.07, 6.45) is 0. The second-order valence-electron chi connectivity index (χ2n) is 8.98. The van der Waals surface area contributed by atoms with E-state index < -0.39 is 11.4 Å². The van der Waals surface area contributed by atoms with Gasteiger partial charge in [-0.1, -0.05) is 12.1 Å². The molecule has 0 aliphatic carbocycles. The quantitative estimate of drug-likeness (QED) is 0.731. The Bertz CT molecular complexity index is 1130. The number of rotatable bonds is 2. The Hall–Kier alpha value is -3.68. The lowest BCUT2D eigenvalue weighted by Crippen LogP contribution is -2.50. The van der Waals surface area contributed by atoms with Crippen molar-refractivity contribution < 1.29 is 24.3 Å². The minimum absolute atomic E-state index is 0.0716. The number of phenols is 1. The average molecular weight is 435 g/mol. The topological polar surface area (TPSA) is 98.2 Å². The van der Waals surface area contributed by atoms with Gasteiger partial charge in [0.05, 0.1) is 16.7 Å². The van der Waals surface area contributed by atoms with E-state index in [1.54, 1.807) is 54.8 Å². The number of benzene rings is 2. The SMILES string of the molecule is CC(C)(C)N1C(=O)c2ccc(C(=O)N3CCN(C(=O)c4ccccc4O)CC3)cc2C1=O. The van der Waals surface area contributed by atoms with Crippen LogP contribution >= 0.6 is 0 Å². The monoisotopic (exact) mass is 435 g/mol. The highest BCUT2D eigenvalue weighted by Gasteiger charge is 2.42. The van der Waals surface area contributed by atoms with Crippen molar-refractivity contribution in [1.82, 2.24) is 14.7 Å². The largest absolute Gasteiger partial charge is 0.507 e. The number of phenolic OH excluding ortho intramolecular Hbond substituents is 1. The highest BCUT2D eigenvalue weighted by molar-refractivity contribution is 6.22. The molecule has 0 radical (unpaired) electrons. The molecule has 0 bridgehead atoms. The molecular formula is C24H25N3O5. The first-order chi connectivity index (χ1) is 15.1. The standard InChI is InChI=1S/C24H25N3O5/c1-24(2,3)27-22(31)16-9-8-15(14-18(16)23(27)32)20(29)25-10-12-26(13-11-25)21(30)17-6-4-5-7-19(17)28/h4-9,14,28H,10-13H2,1-3H3. The zero-order chi connectivity index (χ0) is 23.2. The Morgan fingerprint density at radius 1 is 0.812 bits per heavy atom. The van der Waals surface area contributed by atoms with Gasteiger partial charge in [-0.15, -0.1) is 0 Å². The lowest BCUT2D eigenvalue weighted by molar-refractivity contribution is 0.0507. The summed E-state index contributed by atoms with van der Waals surface area (Å²) in [4.78, 5) is 55.6. The highest BCUT2D eigenvalue weighted by atomic mass is 16.3. The van der Waals surface area contributed by atoms with E-state index in [1.807, 2.05) is 0 Å². The predicted octanol–water partition coefficient (Wildman–Crippen LogP) is 2.38. The summed E-state index contributed by atoms with van der Waals surface area (Å²) in [6.45, 7) is 6.69. The molecule has 8 nitrogen and oxygen atoms in total. The van der Waals surface area contributed by atoms with E-state index in [4.69, 9.17) is 0 Å². The summed E-state index contributed by atoms with van der Waals surface area (Å²) in [5.41, 5.74) is 0.454. The molecule has 2 heterocycles. The zero-order valence-corrected chi connectivity index (χ0v) is 18.3. The van der Waals surface area contributed by atoms with Crippen molar-refractivity contribution in [2.24, 2.45) is 0 Å². The number of aromatic hydroxyl groups is 1. The number of imide groups is 1. The van der Waals surface area contributed by atoms with Crippen LogP contribution in [0.15, 0.2) is 42.5 Å². The molecule has 0 unspecified atom stereocenters. The molecule has 1 saturated heterocycles. The van der Waals surface area contributed by atoms with Crippen molar-refractivity contribution in [3.63, 3.8) is 0 Å². The third kappa shape index (κ3) is 3.62. The summed E-state index contributed by atoms with van der Waals surface area (Å²) >= 11 is 0. The maximum absolute atomic E-state index is 13.0. The summed E-state index contributed by atoms with van der Waals surface area (Å²) in [6, 6.07) is 11.0. The number of carbonyl (C=O) groups is 4. The van der Waals surface area contributed by atoms with Crippen LogP contribution < -0.4 is 0 Å². The smallest absolute Gasteiger partial charge is 0.262 e. The molecule has 0 atom stereocenters. The van der Waals surface area contributed by atoms with Crippen LogP contribution in [-0.2, 0) is 0 Å². The Morgan fingerprint density at radius 2 is 1.38 bits per heavy atom. The lowest BCUT2D eigenvalue weighted by atomic mass is 10.0. The number of fused-ring (bicyclic) bond motifs is 1. The van der Waals surface area contributed by atoms with E-state index in [-0.39, 0.29) is 34.6 Å². The number of piperazine rings is 1. The lowest BCUT2D eigenvalue weighted by Gasteiger charge is -2.35. The van der Waals surface area contributed by atoms with E-state index in [9.17, 15) is 24.3 Å². The molecule has 0 aromatic heterocycles. The average Bonchev–Trinajstić information content (AvgIpc) is 3.03. The van der Waals surface area contributed by atoms with Crippen molar-refractivity contribution in [2.45, 2.75) is 26.3 Å². The maximum Gasteiger partial charge on any atom is 0.262 e. The van der Waals surface area contributed by atoms with Crippen molar-refractivity contribution in [3.8, 4) is 5.75 Å². The molecule has 32 heavy (non-hydrogen) atoms. The molecule has 2 aliphatic heterocycles. The number of carbonyl (C=O) groups excluding carboxylic acids is 4. The molecular weight excluding hydrogens is 410 g/mol. The van der Waals surface area contributed by atoms with Gasteiger partial charge in [0.15, 0.2) is 0 Å². The third-order valence-corrected chi connectivity index (χ3v) is 5.79. The second kappa shape index (κ2) is 7.78. The molecule has 2 aromatic carbocycles. The van der Waals surface area contributed by atoms with Crippen molar-refractivity contribution in [2.75, 3.05) is 26.2 Å². The highest BCUT2D eigenvalue weighted by Crippen LogP contribution is 2.30. The van der Waals surface area contributed by atoms with E-state index >= 15 is 0 Å². The maximum atomic E-state index is 13.0. The molecule has 0 saturated carbocycles. The first-order valence-corrected chi connectivity index (χ1v) is 10.5. The van der Waals surface area contributed by atoms with Crippen LogP contribution in [0.2, 0.25) is 0 Å². The molecule has 2 aliphatic rings. The second-order valence-corrected chi connectivity index (χ2v) is 8.98. The van der Waals surface area contributed by atoms with Crippen LogP contribution in [0, 0.1) is 0 Å². The third-order valence-electron chi connectivity index (χ3n) is 5.79. The van der Waals surface area contributed by atoms with Crippen molar-refractivity contribution in [3.05, 3.63) is 64.7 Å². The predicted molar refractivity (Wildman–Crippen MR) is 117 cm³/mol. The van der Waals surface area contributed by atoms with Crippen LogP contribution in [0.5, 0.6) is 5.75 Å². The summed E-state index contributed by atoms with van der Waals surface area (Å²) in [5, 5.41) is 9.92. The summed E-state index contributed by atoms with van der Waals surface area (Å²) in [7, 11) is 0. The summed E-state index contributed by atoms with van der Waals surface area (Å²) in [5.74, 6) is -1.35. The zero-order valence-electron chi connectivity index (χ0n) is 18.3. The molecule has 1 N–H and O–H groups in total. The van der Waals surface area contributed by atoms with Crippen LogP contribution in [0.1, 0.15) is 62.2 Å². The fraction of sp³-hybridized carbons (Fsp3) is 0.333. The van der Waals surface area contributed by atoms with Crippen LogP contribution in [-0.4, -0.2) is 75.2 Å². The van der Waals surface area contributed by atoms with Crippen LogP contribution in [0.25, 0.3) is 0 Å². The van der Waals surface area contributed by atoms with E-state index in [0.717, 1.165) is 0 Å². The molecule has 166 valence electrons. The first kappa shape index (κ1) is 21.5. The number of para-hydroxylation sites is 1. The van der Waals surface area contributed by atoms with Gasteiger partial charge in [-0.05, 0) is 51.1 Å². The fourth-order valence-electron chi connectivity index (χ4n) is 4.10. The van der Waals surface area contributed by atoms with Gasteiger partial charge in [-0.25, -0.2) is 0 Å². The fourth-order valence-corrected chi connectivity index (χ4v) is 4.10. The van der Waals surface area contributed by atoms with Gasteiger partial charge >= 0.3 is 0 Å². The van der Waals surface area contributed by atoms with Gasteiger partial charge in [0.2, 0.25) is 0 Å². The normalized spacial score (nSPS) is 16.4. The van der Waals surface area contributed by atoms with Crippen molar-refractivity contribution >= 4 is 23.6 Å². The number of hydrogen-bond acceptors (Lipinski definition) is 5. The van der Waals surface area contributed by atoms with Crippen LogP contribution in [0.4, 0.5) is 0 Å². The minimum atomic E-state index is -0.659. The molecule has 0 spiro atoms. The molecule has 8 heteroatoms. The molecule has 1 fully saturated rings. The van der Waals surface area contributed by atoms with Gasteiger partial charge in [0.1, 0.15) is 5.75 Å². The van der Waals surface area contributed by atoms with Gasteiger partial charge in [-0.2, -0.15) is 0 Å². The van der Waals surface area contributed by atoms with E-state index in [1.165, 1.54) is 23.1 Å². The number of amides is 4. The Labute approximate surface area is 186 Å². The number of nitrogens with zero attached hydrogens (tertiary/aromatic N) is 3. The van der Waals surface area contributed by atoms with Gasteiger partial charge in [0, 0.05) is 37.3 Å². The van der Waals surface area contributed by atoms with E-state index in [2.05, 4.69) is 0 Å². The minimum Gasteiger partial charge on any atom is -0.507 e. The number of hydrogen-bond donors (Lipinski definition) is 1. The first-order valence-electron chi connectivity index (χ1n) is 10.5. The Balaban J connectivity index is 1.47. The Kier molecular flexibility index (Phi) is 5.24. The molecule has 4 rings (SSSR count). The van der Waals surface area contributed by atoms with Crippen LogP contribution in [0.3, 0.4) is 0 Å². The Morgan fingerprint density at radius 3 is 1.97 bits per heavy atom. The van der Waals surface area contributed by atoms with Gasteiger partial charge in [0.25, 0.3) is 23.6 Å². The molecule has 4 amide bonds. The molecule has 2 aromatic rings. The van der Waals surface area contributed by atoms with Crippen molar-refractivity contribution in [1.29, 1.82) is 0 Å².